The molecule has 0 spiro atoms. The predicted octanol–water partition coefficient (Wildman–Crippen LogP) is 4.05. The van der Waals surface area contributed by atoms with Crippen LogP contribution >= 0.6 is 0 Å². The van der Waals surface area contributed by atoms with Gasteiger partial charge in [-0.2, -0.15) is 0 Å². The van der Waals surface area contributed by atoms with Crippen LogP contribution in [0, 0.1) is 0 Å². The molecule has 2 heterocycles. The summed E-state index contributed by atoms with van der Waals surface area (Å²) in [6.45, 7) is 14.2. The quantitative estimate of drug-likeness (QED) is 0.565. The summed E-state index contributed by atoms with van der Waals surface area (Å²) in [5.41, 5.74) is -0.644. The molecule has 2 saturated heterocycles. The molecule has 0 aromatic carbocycles. The molecule has 0 N–H and O–H groups in total. The highest BCUT2D eigenvalue weighted by Crippen LogP contribution is 2.37. The lowest BCUT2D eigenvalue weighted by Crippen LogP contribution is -2.41. The highest BCUT2D eigenvalue weighted by atomic mass is 16.7. The maximum Gasteiger partial charge on any atom is 0.486 e. The summed E-state index contributed by atoms with van der Waals surface area (Å²) >= 11 is 0. The predicted molar refractivity (Wildman–Crippen MR) is 93.1 cm³/mol. The summed E-state index contributed by atoms with van der Waals surface area (Å²) in [6, 6.07) is 0. The van der Waals surface area contributed by atoms with E-state index < -0.39 is 5.79 Å². The number of rotatable bonds is 5. The second-order valence-corrected chi connectivity index (χ2v) is 7.76. The molecule has 0 saturated carbocycles. The van der Waals surface area contributed by atoms with Crippen molar-refractivity contribution in [3.05, 3.63) is 24.2 Å². The van der Waals surface area contributed by atoms with Crippen LogP contribution in [-0.2, 0) is 18.8 Å². The van der Waals surface area contributed by atoms with Crippen molar-refractivity contribution < 1.29 is 18.8 Å². The molecule has 0 unspecified atom stereocenters. The van der Waals surface area contributed by atoms with E-state index in [1.54, 1.807) is 0 Å². The molecule has 0 radical (unpaired) electrons. The molecule has 2 aliphatic heterocycles. The van der Waals surface area contributed by atoms with Gasteiger partial charge in [0, 0.05) is 0 Å². The molecule has 0 aromatic rings. The van der Waals surface area contributed by atoms with E-state index in [0.29, 0.717) is 0 Å². The molecule has 0 bridgehead atoms. The summed E-state index contributed by atoms with van der Waals surface area (Å²) in [4.78, 5) is 0. The number of allylic oxidation sites excluding steroid dienone is 1. The first-order chi connectivity index (χ1) is 10.6. The van der Waals surface area contributed by atoms with Crippen LogP contribution in [0.25, 0.3) is 0 Å². The van der Waals surface area contributed by atoms with Crippen LogP contribution in [0.3, 0.4) is 0 Å². The van der Waals surface area contributed by atoms with Crippen LogP contribution in [0.5, 0.6) is 0 Å². The minimum atomic E-state index is -0.560. The Balaban J connectivity index is 2.01. The zero-order valence-corrected chi connectivity index (χ0v) is 15.6. The second kappa shape index (κ2) is 6.71. The monoisotopic (exact) mass is 322 g/mol. The average molecular weight is 322 g/mol. The molecule has 2 aliphatic rings. The third kappa shape index (κ3) is 4.47. The van der Waals surface area contributed by atoms with Crippen molar-refractivity contribution in [3.8, 4) is 0 Å². The second-order valence-electron chi connectivity index (χ2n) is 7.76. The summed E-state index contributed by atoms with van der Waals surface area (Å²) in [7, 11) is -0.348. The van der Waals surface area contributed by atoms with Gasteiger partial charge >= 0.3 is 7.12 Å². The first-order valence-corrected chi connectivity index (χ1v) is 8.61. The molecule has 0 aliphatic carbocycles. The van der Waals surface area contributed by atoms with Crippen LogP contribution in [0.15, 0.2) is 24.2 Å². The van der Waals surface area contributed by atoms with Crippen LogP contribution in [0.4, 0.5) is 0 Å². The third-order valence-corrected chi connectivity index (χ3v) is 4.72. The summed E-state index contributed by atoms with van der Waals surface area (Å²) in [5, 5.41) is 0. The maximum atomic E-state index is 6.00. The minimum Gasteiger partial charge on any atom is -0.400 e. The highest BCUT2D eigenvalue weighted by Gasteiger charge is 2.50. The van der Waals surface area contributed by atoms with Crippen molar-refractivity contribution in [1.29, 1.82) is 0 Å². The molecule has 23 heavy (non-hydrogen) atoms. The number of hydrogen-bond donors (Lipinski definition) is 0. The Morgan fingerprint density at radius 1 is 0.913 bits per heavy atom. The van der Waals surface area contributed by atoms with Gasteiger partial charge in [-0.05, 0) is 54.4 Å². The summed E-state index contributed by atoms with van der Waals surface area (Å²) in [5.74, 6) is 1.39. The molecule has 2 fully saturated rings. The standard InChI is InChI=1S/C18H31BO4/c1-8-9-10-11-14-15(21-18(6,7)20-14)12-13-19-22-16(2,3)17(4,5)23-19/h9-10,12-15H,8,11H2,1-7H3/b10-9-,13-12+/t14-,15+/m0/s1. The maximum absolute atomic E-state index is 6.00. The summed E-state index contributed by atoms with van der Waals surface area (Å²) in [6.07, 6.45) is 8.13. The van der Waals surface area contributed by atoms with Crippen LogP contribution in [0.1, 0.15) is 61.3 Å². The fraction of sp³-hybridized carbons (Fsp3) is 0.778. The van der Waals surface area contributed by atoms with Crippen molar-refractivity contribution in [2.75, 3.05) is 0 Å². The SMILES string of the molecule is CC/C=C\C[C@@H]1OC(C)(C)O[C@@H]1/C=C/B1OC(C)(C)C(C)(C)O1. The van der Waals surface area contributed by atoms with E-state index >= 15 is 0 Å². The van der Waals surface area contributed by atoms with E-state index in [9.17, 15) is 0 Å². The third-order valence-electron chi connectivity index (χ3n) is 4.72. The lowest BCUT2D eigenvalue weighted by atomic mass is 9.88. The fourth-order valence-electron chi connectivity index (χ4n) is 2.77. The Kier molecular flexibility index (Phi) is 5.46. The Morgan fingerprint density at radius 3 is 2.09 bits per heavy atom. The Labute approximate surface area is 141 Å². The Bertz CT molecular complexity index is 452. The van der Waals surface area contributed by atoms with E-state index in [4.69, 9.17) is 18.8 Å². The minimum absolute atomic E-state index is 0.0199. The molecular formula is C18H31BO4. The van der Waals surface area contributed by atoms with E-state index in [1.807, 2.05) is 25.9 Å². The van der Waals surface area contributed by atoms with Gasteiger partial charge in [-0.1, -0.05) is 31.1 Å². The van der Waals surface area contributed by atoms with Crippen molar-refractivity contribution in [3.63, 3.8) is 0 Å². The van der Waals surface area contributed by atoms with Crippen molar-refractivity contribution in [2.24, 2.45) is 0 Å². The molecule has 0 aromatic heterocycles. The van der Waals surface area contributed by atoms with E-state index in [0.717, 1.165) is 12.8 Å². The highest BCUT2D eigenvalue weighted by molar-refractivity contribution is 6.51. The van der Waals surface area contributed by atoms with Crippen LogP contribution in [-0.4, -0.2) is 36.3 Å². The van der Waals surface area contributed by atoms with Crippen molar-refractivity contribution in [1.82, 2.24) is 0 Å². The molecule has 0 amide bonds. The van der Waals surface area contributed by atoms with E-state index in [-0.39, 0.29) is 30.5 Å². The van der Waals surface area contributed by atoms with Gasteiger partial charge in [0.25, 0.3) is 0 Å². The fourth-order valence-corrected chi connectivity index (χ4v) is 2.77. The van der Waals surface area contributed by atoms with Gasteiger partial charge in [-0.15, -0.1) is 0 Å². The molecule has 2 atom stereocenters. The first kappa shape index (κ1) is 18.7. The summed E-state index contributed by atoms with van der Waals surface area (Å²) < 4.78 is 24.0. The number of hydrogen-bond acceptors (Lipinski definition) is 4. The van der Waals surface area contributed by atoms with Gasteiger partial charge < -0.3 is 18.8 Å². The van der Waals surface area contributed by atoms with Crippen molar-refractivity contribution in [2.45, 2.75) is 90.5 Å². The topological polar surface area (TPSA) is 36.9 Å². The number of ether oxygens (including phenoxy) is 2. The van der Waals surface area contributed by atoms with E-state index in [2.05, 4.69) is 46.8 Å². The average Bonchev–Trinajstić information content (AvgIpc) is 2.80. The van der Waals surface area contributed by atoms with Gasteiger partial charge in [-0.3, -0.25) is 0 Å². The Hall–Kier alpha value is -0.615. The zero-order valence-electron chi connectivity index (χ0n) is 15.6. The molecule has 130 valence electrons. The van der Waals surface area contributed by atoms with Gasteiger partial charge in [0.05, 0.1) is 17.3 Å². The smallest absolute Gasteiger partial charge is 0.400 e. The van der Waals surface area contributed by atoms with Crippen LogP contribution < -0.4 is 0 Å². The van der Waals surface area contributed by atoms with E-state index in [1.165, 1.54) is 0 Å². The molecular weight excluding hydrogens is 291 g/mol. The van der Waals surface area contributed by atoms with Crippen LogP contribution in [0.2, 0.25) is 0 Å². The lowest BCUT2D eigenvalue weighted by molar-refractivity contribution is -0.142. The molecule has 5 heteroatoms. The van der Waals surface area contributed by atoms with Gasteiger partial charge in [0.2, 0.25) is 0 Å². The lowest BCUT2D eigenvalue weighted by Gasteiger charge is -2.32. The Morgan fingerprint density at radius 2 is 1.52 bits per heavy atom. The zero-order chi connectivity index (χ0) is 17.3. The van der Waals surface area contributed by atoms with Gasteiger partial charge in [0.1, 0.15) is 6.10 Å². The first-order valence-electron chi connectivity index (χ1n) is 8.61. The van der Waals surface area contributed by atoms with Gasteiger partial charge in [0.15, 0.2) is 5.79 Å². The van der Waals surface area contributed by atoms with Crippen molar-refractivity contribution >= 4 is 7.12 Å². The molecule has 4 nitrogen and oxygen atoms in total. The van der Waals surface area contributed by atoms with Gasteiger partial charge in [-0.25, -0.2) is 0 Å². The largest absolute Gasteiger partial charge is 0.486 e. The molecule has 2 rings (SSSR count). The normalized spacial score (nSPS) is 32.4.